The van der Waals surface area contributed by atoms with E-state index in [4.69, 9.17) is 21.3 Å². The number of nitrogens with zero attached hydrogens (tertiary/aromatic N) is 2. The van der Waals surface area contributed by atoms with Crippen LogP contribution in [0.2, 0.25) is 5.02 Å². The number of benzene rings is 2. The van der Waals surface area contributed by atoms with E-state index >= 15 is 0 Å². The highest BCUT2D eigenvalue weighted by molar-refractivity contribution is 6.32. The first kappa shape index (κ1) is 19.2. The van der Waals surface area contributed by atoms with Gasteiger partial charge in [-0.1, -0.05) is 42.8 Å². The minimum absolute atomic E-state index is 0.0379. The third kappa shape index (κ3) is 4.61. The van der Waals surface area contributed by atoms with Gasteiger partial charge in [-0.05, 0) is 37.6 Å². The van der Waals surface area contributed by atoms with Crippen LogP contribution in [0.25, 0.3) is 11.0 Å². The average molecular weight is 386 g/mol. The van der Waals surface area contributed by atoms with Crippen LogP contribution in [-0.2, 0) is 11.3 Å². The number of fused-ring (bicyclic) bond motifs is 1. The number of hydrogen-bond donors (Lipinski definition) is 1. The Balaban J connectivity index is 1.80. The Hall–Kier alpha value is -2.53. The van der Waals surface area contributed by atoms with Gasteiger partial charge < -0.3 is 14.6 Å². The molecule has 3 rings (SSSR count). The summed E-state index contributed by atoms with van der Waals surface area (Å²) < 4.78 is 7.95. The van der Waals surface area contributed by atoms with Crippen molar-refractivity contribution in [1.29, 1.82) is 0 Å². The summed E-state index contributed by atoms with van der Waals surface area (Å²) >= 11 is 6.16. The summed E-state index contributed by atoms with van der Waals surface area (Å²) in [7, 11) is 0. The van der Waals surface area contributed by atoms with Crippen molar-refractivity contribution in [3.63, 3.8) is 0 Å². The zero-order valence-electron chi connectivity index (χ0n) is 15.6. The molecule has 0 aliphatic heterocycles. The van der Waals surface area contributed by atoms with Crippen molar-refractivity contribution in [3.8, 4) is 5.75 Å². The normalized spacial score (nSPS) is 12.1. The molecule has 6 heteroatoms. The third-order valence-corrected chi connectivity index (χ3v) is 4.65. The lowest BCUT2D eigenvalue weighted by Gasteiger charge is -2.17. The van der Waals surface area contributed by atoms with Gasteiger partial charge in [0.05, 0.1) is 28.6 Å². The van der Waals surface area contributed by atoms with Gasteiger partial charge in [0.15, 0.2) is 0 Å². The molecule has 142 valence electrons. The molecule has 5 nitrogen and oxygen atoms in total. The molecule has 0 fully saturated rings. The van der Waals surface area contributed by atoms with E-state index < -0.39 is 0 Å². The number of imidazole rings is 1. The zero-order chi connectivity index (χ0) is 19.2. The van der Waals surface area contributed by atoms with E-state index in [2.05, 4.69) is 9.88 Å². The van der Waals surface area contributed by atoms with E-state index in [1.54, 1.807) is 6.07 Å². The number of aromatic nitrogens is 2. The molecule has 0 saturated heterocycles. The number of ether oxygens (including phenoxy) is 1. The molecule has 1 heterocycles. The van der Waals surface area contributed by atoms with Crippen molar-refractivity contribution in [3.05, 3.63) is 59.4 Å². The lowest BCUT2D eigenvalue weighted by Crippen LogP contribution is -2.28. The van der Waals surface area contributed by atoms with E-state index in [-0.39, 0.29) is 11.9 Å². The van der Waals surface area contributed by atoms with Crippen LogP contribution in [0.15, 0.2) is 48.5 Å². The van der Waals surface area contributed by atoms with E-state index in [0.29, 0.717) is 30.3 Å². The van der Waals surface area contributed by atoms with Gasteiger partial charge >= 0.3 is 0 Å². The highest BCUT2D eigenvalue weighted by atomic mass is 35.5. The Morgan fingerprint density at radius 1 is 1.22 bits per heavy atom. The summed E-state index contributed by atoms with van der Waals surface area (Å²) in [6.07, 6.45) is 1.33. The summed E-state index contributed by atoms with van der Waals surface area (Å²) in [5.74, 6) is 1.52. The first-order chi connectivity index (χ1) is 13.1. The molecule has 3 aromatic rings. The third-order valence-electron chi connectivity index (χ3n) is 4.34. The maximum atomic E-state index is 12.0. The van der Waals surface area contributed by atoms with Crippen LogP contribution in [-0.4, -0.2) is 22.1 Å². The molecule has 0 aliphatic carbocycles. The molecule has 2 aromatic carbocycles. The molecule has 1 aromatic heterocycles. The minimum atomic E-state index is -0.184. The second-order valence-electron chi connectivity index (χ2n) is 6.43. The fourth-order valence-electron chi connectivity index (χ4n) is 3.07. The van der Waals surface area contributed by atoms with E-state index in [0.717, 1.165) is 23.3 Å². The van der Waals surface area contributed by atoms with Crippen LogP contribution < -0.4 is 10.1 Å². The van der Waals surface area contributed by atoms with Crippen molar-refractivity contribution >= 4 is 28.5 Å². The molecule has 1 amide bonds. The Kier molecular flexibility index (Phi) is 6.35. The van der Waals surface area contributed by atoms with Crippen LogP contribution in [0.1, 0.15) is 38.6 Å². The van der Waals surface area contributed by atoms with Gasteiger partial charge in [0.25, 0.3) is 0 Å². The molecule has 27 heavy (non-hydrogen) atoms. The monoisotopic (exact) mass is 385 g/mol. The number of rotatable bonds is 8. The van der Waals surface area contributed by atoms with Gasteiger partial charge in [0.1, 0.15) is 18.2 Å². The highest BCUT2D eigenvalue weighted by Crippen LogP contribution is 2.24. The van der Waals surface area contributed by atoms with Crippen LogP contribution in [0.3, 0.4) is 0 Å². The molecular weight excluding hydrogens is 362 g/mol. The molecule has 0 radical (unpaired) electrons. The molecule has 0 spiro atoms. The molecule has 1 atom stereocenters. The molecule has 0 bridgehead atoms. The number of halogens is 1. The van der Waals surface area contributed by atoms with Crippen molar-refractivity contribution in [2.45, 2.75) is 39.3 Å². The fraction of sp³-hybridized carbons (Fsp3) is 0.333. The van der Waals surface area contributed by atoms with Crippen molar-refractivity contribution < 1.29 is 9.53 Å². The molecule has 1 unspecified atom stereocenters. The first-order valence-electron chi connectivity index (χ1n) is 9.22. The van der Waals surface area contributed by atoms with Crippen molar-refractivity contribution in [2.75, 3.05) is 6.61 Å². The minimum Gasteiger partial charge on any atom is -0.490 e. The highest BCUT2D eigenvalue weighted by Gasteiger charge is 2.18. The Bertz CT molecular complexity index is 923. The van der Waals surface area contributed by atoms with Gasteiger partial charge in [0, 0.05) is 6.42 Å². The van der Waals surface area contributed by atoms with E-state index in [1.165, 1.54) is 0 Å². The largest absolute Gasteiger partial charge is 0.490 e. The SMILES string of the molecule is CCCC(=O)NC(C)c1nc2ccccc2n1CCOc1ccccc1Cl. The van der Waals surface area contributed by atoms with E-state index in [9.17, 15) is 4.79 Å². The average Bonchev–Trinajstić information content (AvgIpc) is 3.02. The predicted octanol–water partition coefficient (Wildman–Crippen LogP) is 4.75. The number of hydrogen-bond acceptors (Lipinski definition) is 3. The lowest BCUT2D eigenvalue weighted by atomic mass is 10.2. The number of nitrogens with one attached hydrogen (secondary N) is 1. The second kappa shape index (κ2) is 8.91. The van der Waals surface area contributed by atoms with E-state index in [1.807, 2.05) is 56.3 Å². The summed E-state index contributed by atoms with van der Waals surface area (Å²) in [6.45, 7) is 5.01. The number of amides is 1. The van der Waals surface area contributed by atoms with Gasteiger partial charge in [-0.25, -0.2) is 4.98 Å². The zero-order valence-corrected chi connectivity index (χ0v) is 16.4. The van der Waals surface area contributed by atoms with Crippen LogP contribution in [0.5, 0.6) is 5.75 Å². The topological polar surface area (TPSA) is 56.2 Å². The number of carbonyl (C=O) groups excluding carboxylic acids is 1. The van der Waals surface area contributed by atoms with Crippen LogP contribution in [0.4, 0.5) is 0 Å². The lowest BCUT2D eigenvalue weighted by molar-refractivity contribution is -0.121. The Morgan fingerprint density at radius 2 is 1.96 bits per heavy atom. The van der Waals surface area contributed by atoms with Gasteiger partial charge in [-0.15, -0.1) is 0 Å². The number of carbonyl (C=O) groups is 1. The number of para-hydroxylation sites is 3. The second-order valence-corrected chi connectivity index (χ2v) is 6.84. The summed E-state index contributed by atoms with van der Waals surface area (Å²) in [5, 5.41) is 3.62. The van der Waals surface area contributed by atoms with Crippen molar-refractivity contribution in [2.24, 2.45) is 0 Å². The maximum absolute atomic E-state index is 12.0. The van der Waals surface area contributed by atoms with Gasteiger partial charge in [-0.2, -0.15) is 0 Å². The molecule has 0 aliphatic rings. The maximum Gasteiger partial charge on any atom is 0.220 e. The summed E-state index contributed by atoms with van der Waals surface area (Å²) in [4.78, 5) is 16.7. The van der Waals surface area contributed by atoms with Gasteiger partial charge in [0.2, 0.25) is 5.91 Å². The summed E-state index contributed by atoms with van der Waals surface area (Å²) in [5.41, 5.74) is 1.92. The smallest absolute Gasteiger partial charge is 0.220 e. The fourth-order valence-corrected chi connectivity index (χ4v) is 3.26. The quantitative estimate of drug-likeness (QED) is 0.609. The summed E-state index contributed by atoms with van der Waals surface area (Å²) in [6, 6.07) is 15.2. The van der Waals surface area contributed by atoms with Gasteiger partial charge in [-0.3, -0.25) is 4.79 Å². The van der Waals surface area contributed by atoms with Crippen molar-refractivity contribution in [1.82, 2.24) is 14.9 Å². The Labute approximate surface area is 164 Å². The predicted molar refractivity (Wildman–Crippen MR) is 108 cm³/mol. The van der Waals surface area contributed by atoms with Crippen LogP contribution >= 0.6 is 11.6 Å². The molecular formula is C21H24ClN3O2. The molecule has 1 N–H and O–H groups in total. The van der Waals surface area contributed by atoms with Crippen LogP contribution in [0, 0.1) is 0 Å². The standard InChI is InChI=1S/C21H24ClN3O2/c1-3-8-20(26)23-15(2)21-24-17-10-5-6-11-18(17)25(21)13-14-27-19-12-7-4-9-16(19)22/h4-7,9-12,15H,3,8,13-14H2,1-2H3,(H,23,26). The Morgan fingerprint density at radius 3 is 2.74 bits per heavy atom. The molecule has 0 saturated carbocycles. The first-order valence-corrected chi connectivity index (χ1v) is 9.59.